The van der Waals surface area contributed by atoms with Crippen LogP contribution < -0.4 is 9.80 Å². The van der Waals surface area contributed by atoms with Crippen molar-refractivity contribution in [2.24, 2.45) is 0 Å². The van der Waals surface area contributed by atoms with E-state index in [9.17, 15) is 26.3 Å². The van der Waals surface area contributed by atoms with E-state index in [4.69, 9.17) is 0 Å². The molecule has 0 aliphatic heterocycles. The average molecular weight is 792 g/mol. The number of hydrogen-bond donors (Lipinski definition) is 0. The summed E-state index contributed by atoms with van der Waals surface area (Å²) in [5.41, 5.74) is 6.65. The molecule has 3 nitrogen and oxygen atoms in total. The maximum atomic E-state index is 14.0. The van der Waals surface area contributed by atoms with Crippen LogP contribution in [0.5, 0.6) is 0 Å². The van der Waals surface area contributed by atoms with Crippen molar-refractivity contribution < 1.29 is 26.3 Å². The lowest BCUT2D eigenvalue weighted by atomic mass is 10.0. The zero-order chi connectivity index (χ0) is 41.1. The van der Waals surface area contributed by atoms with Crippen molar-refractivity contribution in [2.45, 2.75) is 26.2 Å². The van der Waals surface area contributed by atoms with Gasteiger partial charge in [-0.25, -0.2) is 0 Å². The summed E-state index contributed by atoms with van der Waals surface area (Å²) in [4.78, 5) is 3.65. The van der Waals surface area contributed by atoms with Gasteiger partial charge in [0.1, 0.15) is 0 Å². The second-order valence-electron chi connectivity index (χ2n) is 14.7. The summed E-state index contributed by atoms with van der Waals surface area (Å²) in [6.45, 7) is 3.92. The fraction of sp³-hybridized carbons (Fsp3) is 0.0800. The van der Waals surface area contributed by atoms with Gasteiger partial charge in [-0.05, 0) is 134 Å². The summed E-state index contributed by atoms with van der Waals surface area (Å²) in [6.07, 6.45) is -9.04. The SMILES string of the molecule is Cc1ccc(N(c2cccc(C(F)(F)F)c2)c2ccc3cc4c5ccc(N(c6ccc(C)cc6)c6cccc(C(F)(F)F)c6)cc5n(-c5ccccc5)c4cc3c2)cc1. The van der Waals surface area contributed by atoms with Gasteiger partial charge < -0.3 is 14.4 Å². The number of nitrogens with zero attached hydrogens (tertiary/aromatic N) is 3. The Morgan fingerprint density at radius 3 is 1.39 bits per heavy atom. The number of para-hydroxylation sites is 1. The van der Waals surface area contributed by atoms with Gasteiger partial charge in [0.2, 0.25) is 0 Å². The molecule has 9 heteroatoms. The summed E-state index contributed by atoms with van der Waals surface area (Å²) in [7, 11) is 0. The van der Waals surface area contributed by atoms with Crippen LogP contribution in [0.4, 0.5) is 60.5 Å². The van der Waals surface area contributed by atoms with Crippen LogP contribution in [0.1, 0.15) is 22.3 Å². The third-order valence-corrected chi connectivity index (χ3v) is 10.7. The van der Waals surface area contributed by atoms with E-state index in [0.29, 0.717) is 34.1 Å². The molecule has 0 aliphatic rings. The number of anilines is 6. The Morgan fingerprint density at radius 2 is 0.847 bits per heavy atom. The molecule has 0 atom stereocenters. The molecule has 0 radical (unpaired) electrons. The molecule has 0 saturated carbocycles. The van der Waals surface area contributed by atoms with E-state index < -0.39 is 23.5 Å². The Hall–Kier alpha value is -7.00. The monoisotopic (exact) mass is 791 g/mol. The third-order valence-electron chi connectivity index (χ3n) is 10.7. The molecule has 9 rings (SSSR count). The van der Waals surface area contributed by atoms with E-state index in [2.05, 4.69) is 16.7 Å². The van der Waals surface area contributed by atoms with E-state index in [1.807, 2.05) is 139 Å². The van der Waals surface area contributed by atoms with Crippen LogP contribution in [-0.4, -0.2) is 4.57 Å². The minimum Gasteiger partial charge on any atom is -0.310 e. The first-order chi connectivity index (χ1) is 28.3. The fourth-order valence-electron chi connectivity index (χ4n) is 7.79. The number of rotatable bonds is 7. The number of aryl methyl sites for hydroxylation is 2. The van der Waals surface area contributed by atoms with Gasteiger partial charge in [0.05, 0.1) is 22.2 Å². The molecule has 292 valence electrons. The highest BCUT2D eigenvalue weighted by Crippen LogP contribution is 2.44. The molecule has 0 bridgehead atoms. The van der Waals surface area contributed by atoms with Crippen molar-refractivity contribution in [3.63, 3.8) is 0 Å². The van der Waals surface area contributed by atoms with Crippen molar-refractivity contribution in [1.82, 2.24) is 4.57 Å². The maximum Gasteiger partial charge on any atom is 0.416 e. The Balaban J connectivity index is 1.26. The molecule has 0 saturated heterocycles. The summed E-state index contributed by atoms with van der Waals surface area (Å²) in [5, 5.41) is 3.70. The van der Waals surface area contributed by atoms with Crippen LogP contribution in [0.15, 0.2) is 176 Å². The first-order valence-electron chi connectivity index (χ1n) is 19.0. The predicted molar refractivity (Wildman–Crippen MR) is 227 cm³/mol. The van der Waals surface area contributed by atoms with Crippen LogP contribution in [0.3, 0.4) is 0 Å². The third kappa shape index (κ3) is 7.14. The van der Waals surface area contributed by atoms with Gasteiger partial charge in [0.15, 0.2) is 0 Å². The average Bonchev–Trinajstić information content (AvgIpc) is 3.54. The lowest BCUT2D eigenvalue weighted by Crippen LogP contribution is -2.12. The van der Waals surface area contributed by atoms with Crippen molar-refractivity contribution in [3.8, 4) is 5.69 Å². The number of fused-ring (bicyclic) bond motifs is 4. The molecule has 0 unspecified atom stereocenters. The number of aromatic nitrogens is 1. The topological polar surface area (TPSA) is 11.4 Å². The quantitative estimate of drug-likeness (QED) is 0.149. The highest BCUT2D eigenvalue weighted by atomic mass is 19.4. The second-order valence-corrected chi connectivity index (χ2v) is 14.7. The van der Waals surface area contributed by atoms with Crippen molar-refractivity contribution in [2.75, 3.05) is 9.80 Å². The van der Waals surface area contributed by atoms with E-state index in [0.717, 1.165) is 67.6 Å². The number of hydrogen-bond acceptors (Lipinski definition) is 2. The van der Waals surface area contributed by atoms with Gasteiger partial charge >= 0.3 is 12.4 Å². The summed E-state index contributed by atoms with van der Waals surface area (Å²) in [6, 6.07) is 51.8. The Bertz CT molecular complexity index is 2980. The maximum absolute atomic E-state index is 14.0. The number of alkyl halides is 6. The summed E-state index contributed by atoms with van der Waals surface area (Å²) < 4.78 is 86.1. The molecule has 8 aromatic carbocycles. The normalized spacial score (nSPS) is 12.1. The molecule has 0 N–H and O–H groups in total. The van der Waals surface area contributed by atoms with Gasteiger partial charge in [-0.15, -0.1) is 0 Å². The summed E-state index contributed by atoms with van der Waals surface area (Å²) >= 11 is 0. The van der Waals surface area contributed by atoms with Crippen LogP contribution in [-0.2, 0) is 12.4 Å². The molecule has 1 aromatic heterocycles. The van der Waals surface area contributed by atoms with Gasteiger partial charge in [0.25, 0.3) is 0 Å². The van der Waals surface area contributed by atoms with Crippen LogP contribution >= 0.6 is 0 Å². The van der Waals surface area contributed by atoms with Crippen molar-refractivity contribution >= 4 is 66.7 Å². The minimum absolute atomic E-state index is 0.363. The predicted octanol–water partition coefficient (Wildman–Crippen LogP) is 15.5. The lowest BCUT2D eigenvalue weighted by molar-refractivity contribution is -0.138. The minimum atomic E-state index is -4.52. The molecule has 0 fully saturated rings. The molecule has 59 heavy (non-hydrogen) atoms. The van der Waals surface area contributed by atoms with Gasteiger partial charge in [-0.2, -0.15) is 26.3 Å². The van der Waals surface area contributed by atoms with E-state index in [1.165, 1.54) is 18.2 Å². The highest BCUT2D eigenvalue weighted by Gasteiger charge is 2.32. The molecular weight excluding hydrogens is 757 g/mol. The molecule has 0 aliphatic carbocycles. The Labute approximate surface area is 336 Å². The number of benzene rings is 8. The smallest absolute Gasteiger partial charge is 0.310 e. The first-order valence-corrected chi connectivity index (χ1v) is 19.0. The van der Waals surface area contributed by atoms with E-state index in [1.54, 1.807) is 12.1 Å². The Morgan fingerprint density at radius 1 is 0.373 bits per heavy atom. The fourth-order valence-corrected chi connectivity index (χ4v) is 7.79. The molecule has 9 aromatic rings. The summed E-state index contributed by atoms with van der Waals surface area (Å²) in [5.74, 6) is 0. The zero-order valence-corrected chi connectivity index (χ0v) is 31.9. The van der Waals surface area contributed by atoms with Crippen LogP contribution in [0.25, 0.3) is 38.3 Å². The second kappa shape index (κ2) is 14.4. The lowest BCUT2D eigenvalue weighted by Gasteiger charge is -2.26. The molecule has 0 amide bonds. The van der Waals surface area contributed by atoms with Gasteiger partial charge in [0, 0.05) is 50.6 Å². The molecular formula is C50H35F6N3. The molecule has 1 heterocycles. The van der Waals surface area contributed by atoms with Crippen LogP contribution in [0, 0.1) is 13.8 Å². The Kier molecular flexibility index (Phi) is 9.19. The number of halogens is 6. The first kappa shape index (κ1) is 37.6. The zero-order valence-electron chi connectivity index (χ0n) is 31.9. The van der Waals surface area contributed by atoms with Crippen molar-refractivity contribution in [3.05, 3.63) is 198 Å². The standard InChI is InChI=1S/C50H35F6N3/c1-32-14-19-39(20-15-32)57(41-12-6-8-36(29-41)49(51,52)53)43-23-18-34-27-46-45-25-24-44(31-48(45)59(38-10-4-3-5-11-38)47(46)28-35(34)26-43)58(40-21-16-33(2)17-22-40)42-13-7-9-37(30-42)50(54,55)56/h3-31H,1-2H3. The van der Waals surface area contributed by atoms with E-state index in [-0.39, 0.29) is 0 Å². The van der Waals surface area contributed by atoms with Gasteiger partial charge in [-0.3, -0.25) is 0 Å². The molecule has 0 spiro atoms. The largest absolute Gasteiger partial charge is 0.416 e. The van der Waals surface area contributed by atoms with Crippen LogP contribution in [0.2, 0.25) is 0 Å². The van der Waals surface area contributed by atoms with Gasteiger partial charge in [-0.1, -0.05) is 77.9 Å². The highest BCUT2D eigenvalue weighted by molar-refractivity contribution is 6.14. The van der Waals surface area contributed by atoms with E-state index >= 15 is 0 Å². The van der Waals surface area contributed by atoms with Crippen molar-refractivity contribution in [1.29, 1.82) is 0 Å².